The second-order valence-corrected chi connectivity index (χ2v) is 10.3. The topological polar surface area (TPSA) is 107 Å². The Bertz CT molecular complexity index is 1070. The first-order valence-corrected chi connectivity index (χ1v) is 12.6. The minimum absolute atomic E-state index is 0.0329. The SMILES string of the molecule is CSCC[C@@]1(C(=O)O)N[C@@H](c2cc(I)ccc2O)[C@H]2C(=O)N(Cc3ccccc3)C(=O)[C@H]21. The monoisotopic (exact) mass is 566 g/mol. The summed E-state index contributed by atoms with van der Waals surface area (Å²) in [7, 11) is 0. The number of likely N-dealkylation sites (tertiary alicyclic amines) is 1. The molecule has 168 valence electrons. The number of carbonyl (C=O) groups excluding carboxylic acids is 2. The van der Waals surface area contributed by atoms with Gasteiger partial charge in [0, 0.05) is 15.2 Å². The van der Waals surface area contributed by atoms with E-state index in [0.717, 1.165) is 9.13 Å². The summed E-state index contributed by atoms with van der Waals surface area (Å²) in [6.07, 6.45) is 2.05. The number of amides is 2. The molecule has 3 N–H and O–H groups in total. The average Bonchev–Trinajstić information content (AvgIpc) is 3.25. The number of hydrogen-bond acceptors (Lipinski definition) is 6. The Morgan fingerprint density at radius 1 is 1.19 bits per heavy atom. The molecule has 32 heavy (non-hydrogen) atoms. The highest BCUT2D eigenvalue weighted by molar-refractivity contribution is 14.1. The van der Waals surface area contributed by atoms with Crippen LogP contribution in [-0.4, -0.2) is 50.4 Å². The zero-order valence-electron chi connectivity index (χ0n) is 17.3. The first kappa shape index (κ1) is 23.1. The molecule has 2 fully saturated rings. The molecule has 2 saturated heterocycles. The second kappa shape index (κ2) is 9.03. The standard InChI is InChI=1S/C23H23IN2O5S/c1-32-10-9-23(22(30)31)18-17(19(25-23)15-11-14(24)7-8-16(15)27)20(28)26(21(18)29)12-13-5-3-2-4-6-13/h2-8,11,17-19,25,27H,9-10,12H2,1H3,(H,30,31)/t17-,18-,19-,23+/m0/s1. The number of carboxylic acid groups (broad SMARTS) is 1. The molecule has 0 saturated carbocycles. The van der Waals surface area contributed by atoms with Gasteiger partial charge in [-0.1, -0.05) is 30.3 Å². The highest BCUT2D eigenvalue weighted by Crippen LogP contribution is 2.52. The van der Waals surface area contributed by atoms with Crippen molar-refractivity contribution in [2.45, 2.75) is 24.5 Å². The predicted octanol–water partition coefficient (Wildman–Crippen LogP) is 3.02. The summed E-state index contributed by atoms with van der Waals surface area (Å²) in [6.45, 7) is 0.0920. The maximum absolute atomic E-state index is 13.5. The summed E-state index contributed by atoms with van der Waals surface area (Å²) in [5, 5.41) is 24.0. The fraction of sp³-hybridized carbons (Fsp3) is 0.348. The van der Waals surface area contributed by atoms with E-state index in [2.05, 4.69) is 27.9 Å². The van der Waals surface area contributed by atoms with E-state index in [1.165, 1.54) is 22.7 Å². The largest absolute Gasteiger partial charge is 0.508 e. The van der Waals surface area contributed by atoms with Crippen molar-refractivity contribution < 1.29 is 24.6 Å². The van der Waals surface area contributed by atoms with Crippen molar-refractivity contribution in [1.82, 2.24) is 10.2 Å². The number of phenolic OH excluding ortho intramolecular Hbond substituents is 1. The van der Waals surface area contributed by atoms with E-state index in [0.29, 0.717) is 11.3 Å². The third-order valence-electron chi connectivity index (χ3n) is 6.34. The van der Waals surface area contributed by atoms with Gasteiger partial charge >= 0.3 is 5.97 Å². The molecular formula is C23H23IN2O5S. The van der Waals surface area contributed by atoms with E-state index in [1.807, 2.05) is 36.6 Å². The molecule has 2 aromatic carbocycles. The fourth-order valence-corrected chi connectivity index (χ4v) is 5.86. The Labute approximate surface area is 203 Å². The molecule has 0 unspecified atom stereocenters. The third kappa shape index (κ3) is 3.80. The minimum atomic E-state index is -1.59. The van der Waals surface area contributed by atoms with Crippen molar-refractivity contribution in [2.24, 2.45) is 11.8 Å². The number of hydrogen-bond donors (Lipinski definition) is 3. The van der Waals surface area contributed by atoms with Crippen molar-refractivity contribution in [3.63, 3.8) is 0 Å². The number of rotatable bonds is 7. The Kier molecular flexibility index (Phi) is 6.51. The Balaban J connectivity index is 1.81. The zero-order valence-corrected chi connectivity index (χ0v) is 20.3. The maximum atomic E-state index is 13.5. The lowest BCUT2D eigenvalue weighted by molar-refractivity contribution is -0.151. The number of thioether (sulfide) groups is 1. The maximum Gasteiger partial charge on any atom is 0.324 e. The summed E-state index contributed by atoms with van der Waals surface area (Å²) >= 11 is 3.58. The van der Waals surface area contributed by atoms with Crippen LogP contribution in [0.5, 0.6) is 5.75 Å². The molecule has 7 nitrogen and oxygen atoms in total. The van der Waals surface area contributed by atoms with Crippen LogP contribution in [0.4, 0.5) is 0 Å². The van der Waals surface area contributed by atoms with Crippen molar-refractivity contribution in [3.05, 3.63) is 63.2 Å². The van der Waals surface area contributed by atoms with Crippen molar-refractivity contribution in [2.75, 3.05) is 12.0 Å². The molecule has 0 radical (unpaired) electrons. The van der Waals surface area contributed by atoms with E-state index in [-0.39, 0.29) is 18.7 Å². The molecule has 0 spiro atoms. The predicted molar refractivity (Wildman–Crippen MR) is 129 cm³/mol. The van der Waals surface area contributed by atoms with Crippen LogP contribution in [0.3, 0.4) is 0 Å². The Hall–Kier alpha value is -2.11. The van der Waals surface area contributed by atoms with E-state index in [1.54, 1.807) is 12.1 Å². The van der Waals surface area contributed by atoms with Crippen LogP contribution in [-0.2, 0) is 20.9 Å². The molecule has 2 aliphatic rings. The average molecular weight is 566 g/mol. The summed E-state index contributed by atoms with van der Waals surface area (Å²) in [5.41, 5.74) is -0.368. The van der Waals surface area contributed by atoms with Crippen molar-refractivity contribution >= 4 is 52.1 Å². The number of aliphatic carboxylic acids is 1. The number of carbonyl (C=O) groups is 3. The quantitative estimate of drug-likeness (QED) is 0.350. The van der Waals surface area contributed by atoms with Crippen molar-refractivity contribution in [1.29, 1.82) is 0 Å². The lowest BCUT2D eigenvalue weighted by Crippen LogP contribution is -2.56. The first-order valence-electron chi connectivity index (χ1n) is 10.2. The van der Waals surface area contributed by atoms with Gasteiger partial charge in [-0.3, -0.25) is 24.6 Å². The molecular weight excluding hydrogens is 543 g/mol. The number of imide groups is 1. The van der Waals surface area contributed by atoms with Crippen LogP contribution in [0, 0.1) is 15.4 Å². The molecule has 4 rings (SSSR count). The van der Waals surface area contributed by atoms with E-state index in [4.69, 9.17) is 0 Å². The van der Waals surface area contributed by atoms with Crippen LogP contribution in [0.15, 0.2) is 48.5 Å². The van der Waals surface area contributed by atoms with E-state index in [9.17, 15) is 24.6 Å². The van der Waals surface area contributed by atoms with Gasteiger partial charge < -0.3 is 10.2 Å². The fourth-order valence-electron chi connectivity index (χ4n) is 4.82. The molecule has 4 atom stereocenters. The minimum Gasteiger partial charge on any atom is -0.508 e. The first-order chi connectivity index (χ1) is 15.3. The van der Waals surface area contributed by atoms with Gasteiger partial charge in [-0.15, -0.1) is 0 Å². The molecule has 2 aliphatic heterocycles. The van der Waals surface area contributed by atoms with Crippen LogP contribution in [0.2, 0.25) is 0 Å². The number of nitrogens with zero attached hydrogens (tertiary/aromatic N) is 1. The number of benzene rings is 2. The summed E-state index contributed by atoms with van der Waals surface area (Å²) < 4.78 is 0.837. The summed E-state index contributed by atoms with van der Waals surface area (Å²) in [5.74, 6) is -3.53. The smallest absolute Gasteiger partial charge is 0.324 e. The number of carboxylic acids is 1. The molecule has 0 aromatic heterocycles. The van der Waals surface area contributed by atoms with Gasteiger partial charge in [0.15, 0.2) is 0 Å². The van der Waals surface area contributed by atoms with E-state index < -0.39 is 41.2 Å². The normalized spacial score (nSPS) is 27.1. The van der Waals surface area contributed by atoms with Crippen LogP contribution < -0.4 is 5.32 Å². The number of fused-ring (bicyclic) bond motifs is 1. The van der Waals surface area contributed by atoms with Crippen LogP contribution >= 0.6 is 34.4 Å². The lowest BCUT2D eigenvalue weighted by atomic mass is 9.78. The highest BCUT2D eigenvalue weighted by atomic mass is 127. The molecule has 2 heterocycles. The van der Waals surface area contributed by atoms with Gasteiger partial charge in [0.1, 0.15) is 11.3 Å². The van der Waals surface area contributed by atoms with Gasteiger partial charge in [0.25, 0.3) is 0 Å². The van der Waals surface area contributed by atoms with E-state index >= 15 is 0 Å². The number of phenols is 1. The van der Waals surface area contributed by atoms with Gasteiger partial charge in [-0.25, -0.2) is 0 Å². The molecule has 2 amide bonds. The van der Waals surface area contributed by atoms with Crippen molar-refractivity contribution in [3.8, 4) is 5.75 Å². The van der Waals surface area contributed by atoms with Crippen LogP contribution in [0.1, 0.15) is 23.6 Å². The highest BCUT2D eigenvalue weighted by Gasteiger charge is 2.68. The molecule has 0 aliphatic carbocycles. The van der Waals surface area contributed by atoms with Gasteiger partial charge in [-0.2, -0.15) is 11.8 Å². The second-order valence-electron chi connectivity index (χ2n) is 8.10. The Morgan fingerprint density at radius 3 is 2.56 bits per heavy atom. The van der Waals surface area contributed by atoms with Gasteiger partial charge in [0.05, 0.1) is 18.4 Å². The Morgan fingerprint density at radius 2 is 1.91 bits per heavy atom. The molecule has 9 heteroatoms. The number of halogens is 1. The van der Waals surface area contributed by atoms with Gasteiger partial charge in [0.2, 0.25) is 11.8 Å². The zero-order chi connectivity index (χ0) is 23.0. The molecule has 2 aromatic rings. The third-order valence-corrected chi connectivity index (χ3v) is 7.62. The van der Waals surface area contributed by atoms with Gasteiger partial charge in [-0.05, 0) is 64.8 Å². The summed E-state index contributed by atoms with van der Waals surface area (Å²) in [6, 6.07) is 13.4. The number of aromatic hydroxyl groups is 1. The summed E-state index contributed by atoms with van der Waals surface area (Å²) in [4.78, 5) is 40.9. The molecule has 0 bridgehead atoms. The number of nitrogens with one attached hydrogen (secondary N) is 1. The van der Waals surface area contributed by atoms with Crippen LogP contribution in [0.25, 0.3) is 0 Å². The lowest BCUT2D eigenvalue weighted by Gasteiger charge is -2.31.